The highest BCUT2D eigenvalue weighted by atomic mass is 19.4. The van der Waals surface area contributed by atoms with Crippen molar-refractivity contribution >= 4 is 0 Å². The van der Waals surface area contributed by atoms with Gasteiger partial charge in [-0.1, -0.05) is 18.2 Å². The van der Waals surface area contributed by atoms with E-state index in [1.807, 2.05) is 0 Å². The molecule has 0 saturated heterocycles. The molecule has 0 unspecified atom stereocenters. The van der Waals surface area contributed by atoms with Gasteiger partial charge in [0, 0.05) is 0 Å². The molecule has 1 atom stereocenters. The van der Waals surface area contributed by atoms with Crippen molar-refractivity contribution < 1.29 is 13.2 Å². The minimum atomic E-state index is -4.36. The van der Waals surface area contributed by atoms with Gasteiger partial charge in [-0.25, -0.2) is 0 Å². The number of benzene rings is 1. The third-order valence-corrected chi connectivity index (χ3v) is 3.08. The van der Waals surface area contributed by atoms with Gasteiger partial charge in [0.2, 0.25) is 0 Å². The van der Waals surface area contributed by atoms with E-state index in [1.54, 1.807) is 12.1 Å². The lowest BCUT2D eigenvalue weighted by atomic mass is 9.89. The number of hydrogen-bond donors (Lipinski definition) is 1. The lowest BCUT2D eigenvalue weighted by molar-refractivity contribution is -0.149. The fourth-order valence-corrected chi connectivity index (χ4v) is 2.14. The van der Waals surface area contributed by atoms with Gasteiger partial charge in [0.15, 0.2) is 0 Å². The maximum absolute atomic E-state index is 12.4. The quantitative estimate of drug-likeness (QED) is 0.786. The topological polar surface area (TPSA) is 26.0 Å². The molecule has 1 aromatic rings. The number of halogens is 3. The van der Waals surface area contributed by atoms with Crippen LogP contribution in [0.1, 0.15) is 35.6 Å². The van der Waals surface area contributed by atoms with E-state index in [2.05, 4.69) is 0 Å². The van der Waals surface area contributed by atoms with Crippen molar-refractivity contribution in [3.8, 4) is 0 Å². The van der Waals surface area contributed by atoms with Crippen molar-refractivity contribution in [2.45, 2.75) is 37.9 Å². The van der Waals surface area contributed by atoms with Gasteiger partial charge in [-0.2, -0.15) is 13.2 Å². The Morgan fingerprint density at radius 1 is 1.06 bits per heavy atom. The molecule has 0 aromatic heterocycles. The van der Waals surface area contributed by atoms with Crippen LogP contribution in [0.2, 0.25) is 0 Å². The Morgan fingerprint density at radius 3 is 2.31 bits per heavy atom. The van der Waals surface area contributed by atoms with Crippen LogP contribution in [0.3, 0.4) is 0 Å². The van der Waals surface area contributed by atoms with E-state index in [0.717, 1.165) is 31.2 Å². The van der Waals surface area contributed by atoms with Crippen LogP contribution in [0.15, 0.2) is 18.2 Å². The molecule has 4 heteroatoms. The molecule has 88 valence electrons. The maximum atomic E-state index is 12.4. The van der Waals surface area contributed by atoms with Gasteiger partial charge in [0.05, 0.1) is 0 Å². The van der Waals surface area contributed by atoms with Crippen LogP contribution in [0.25, 0.3) is 0 Å². The largest absolute Gasteiger partial charge is 0.407 e. The van der Waals surface area contributed by atoms with Gasteiger partial charge in [0.25, 0.3) is 0 Å². The second-order valence-corrected chi connectivity index (χ2v) is 4.25. The Balaban J connectivity index is 2.30. The molecule has 0 saturated carbocycles. The number of aryl methyl sites for hydroxylation is 2. The van der Waals surface area contributed by atoms with Gasteiger partial charge in [0.1, 0.15) is 6.04 Å². The average molecular weight is 229 g/mol. The molecule has 2 rings (SSSR count). The molecule has 0 fully saturated rings. The van der Waals surface area contributed by atoms with Crippen LogP contribution in [-0.4, -0.2) is 6.18 Å². The summed E-state index contributed by atoms with van der Waals surface area (Å²) in [4.78, 5) is 0. The highest BCUT2D eigenvalue weighted by Crippen LogP contribution is 2.32. The number of nitrogens with two attached hydrogens (primary N) is 1. The zero-order chi connectivity index (χ0) is 11.8. The summed E-state index contributed by atoms with van der Waals surface area (Å²) in [5, 5.41) is 0. The fourth-order valence-electron chi connectivity index (χ4n) is 2.14. The van der Waals surface area contributed by atoms with Crippen molar-refractivity contribution in [3.63, 3.8) is 0 Å². The summed E-state index contributed by atoms with van der Waals surface area (Å²) in [5.41, 5.74) is 7.56. The predicted molar refractivity (Wildman–Crippen MR) is 56.1 cm³/mol. The first-order valence-corrected chi connectivity index (χ1v) is 5.42. The first-order chi connectivity index (χ1) is 7.48. The molecule has 1 aliphatic rings. The lowest BCUT2D eigenvalue weighted by Gasteiger charge is -2.20. The zero-order valence-electron chi connectivity index (χ0n) is 8.85. The van der Waals surface area contributed by atoms with Gasteiger partial charge in [-0.05, 0) is 42.4 Å². The molecule has 0 spiro atoms. The van der Waals surface area contributed by atoms with Crippen molar-refractivity contribution in [2.75, 3.05) is 0 Å². The number of hydrogen-bond acceptors (Lipinski definition) is 1. The van der Waals surface area contributed by atoms with E-state index in [1.165, 1.54) is 11.6 Å². The Labute approximate surface area is 92.5 Å². The second kappa shape index (κ2) is 4.09. The van der Waals surface area contributed by atoms with E-state index >= 15 is 0 Å². The van der Waals surface area contributed by atoms with Crippen LogP contribution in [0.5, 0.6) is 0 Å². The number of fused-ring (bicyclic) bond motifs is 1. The van der Waals surface area contributed by atoms with E-state index in [-0.39, 0.29) is 5.56 Å². The van der Waals surface area contributed by atoms with Crippen molar-refractivity contribution in [1.82, 2.24) is 0 Å². The zero-order valence-corrected chi connectivity index (χ0v) is 8.85. The fraction of sp³-hybridized carbons (Fsp3) is 0.500. The highest BCUT2D eigenvalue weighted by molar-refractivity contribution is 5.35. The molecule has 0 radical (unpaired) electrons. The first kappa shape index (κ1) is 11.5. The van der Waals surface area contributed by atoms with E-state index in [0.29, 0.717) is 0 Å². The maximum Gasteiger partial charge on any atom is 0.407 e. The molecule has 16 heavy (non-hydrogen) atoms. The summed E-state index contributed by atoms with van der Waals surface area (Å²) >= 11 is 0. The summed E-state index contributed by atoms with van der Waals surface area (Å²) in [5.74, 6) is 0. The Kier molecular flexibility index (Phi) is 2.93. The number of alkyl halides is 3. The van der Waals surface area contributed by atoms with Gasteiger partial charge >= 0.3 is 6.18 Å². The minimum absolute atomic E-state index is 0.174. The second-order valence-electron chi connectivity index (χ2n) is 4.25. The van der Waals surface area contributed by atoms with Gasteiger partial charge in [-0.3, -0.25) is 0 Å². The average Bonchev–Trinajstić information content (AvgIpc) is 2.26. The molecule has 0 bridgehead atoms. The monoisotopic (exact) mass is 229 g/mol. The smallest absolute Gasteiger partial charge is 0.316 e. The van der Waals surface area contributed by atoms with Crippen molar-refractivity contribution in [3.05, 3.63) is 34.9 Å². The molecule has 0 amide bonds. The summed E-state index contributed by atoms with van der Waals surface area (Å²) < 4.78 is 37.3. The summed E-state index contributed by atoms with van der Waals surface area (Å²) in [7, 11) is 0. The van der Waals surface area contributed by atoms with E-state index < -0.39 is 12.2 Å². The van der Waals surface area contributed by atoms with Crippen LogP contribution in [0, 0.1) is 0 Å². The third-order valence-electron chi connectivity index (χ3n) is 3.08. The Morgan fingerprint density at radius 2 is 1.69 bits per heavy atom. The molecule has 1 nitrogen and oxygen atoms in total. The predicted octanol–water partition coefficient (Wildman–Crippen LogP) is 3.13. The Hall–Kier alpha value is -1.03. The molecule has 1 aliphatic carbocycles. The normalized spacial score (nSPS) is 18.0. The highest BCUT2D eigenvalue weighted by Gasteiger charge is 2.37. The summed E-state index contributed by atoms with van der Waals surface area (Å²) in [6.45, 7) is 0. The molecule has 0 aliphatic heterocycles. The van der Waals surface area contributed by atoms with Gasteiger partial charge in [-0.15, -0.1) is 0 Å². The molecular formula is C12H14F3N. The van der Waals surface area contributed by atoms with Crippen LogP contribution in [-0.2, 0) is 12.8 Å². The first-order valence-electron chi connectivity index (χ1n) is 5.42. The van der Waals surface area contributed by atoms with Crippen LogP contribution >= 0.6 is 0 Å². The molecule has 0 heterocycles. The molecule has 2 N–H and O–H groups in total. The standard InChI is InChI=1S/C12H14F3N/c13-12(14,15)11(16)10-6-5-8-3-1-2-4-9(8)7-10/h5-7,11H,1-4,16H2/t11-/m1/s1. The van der Waals surface area contributed by atoms with E-state index in [4.69, 9.17) is 5.73 Å². The van der Waals surface area contributed by atoms with Crippen LogP contribution in [0.4, 0.5) is 13.2 Å². The third kappa shape index (κ3) is 2.21. The Bertz CT molecular complexity index is 384. The van der Waals surface area contributed by atoms with E-state index in [9.17, 15) is 13.2 Å². The summed E-state index contributed by atoms with van der Waals surface area (Å²) in [6.07, 6.45) is -0.344. The number of rotatable bonds is 1. The summed E-state index contributed by atoms with van der Waals surface area (Å²) in [6, 6.07) is 3.05. The van der Waals surface area contributed by atoms with Crippen LogP contribution < -0.4 is 5.73 Å². The van der Waals surface area contributed by atoms with Crippen molar-refractivity contribution in [2.24, 2.45) is 5.73 Å². The SMILES string of the molecule is N[C@H](c1ccc2c(c1)CCCC2)C(F)(F)F. The van der Waals surface area contributed by atoms with Gasteiger partial charge < -0.3 is 5.73 Å². The van der Waals surface area contributed by atoms with Crippen molar-refractivity contribution in [1.29, 1.82) is 0 Å². The minimum Gasteiger partial charge on any atom is -0.316 e. The lowest BCUT2D eigenvalue weighted by Crippen LogP contribution is -2.28. The molecular weight excluding hydrogens is 215 g/mol. The molecule has 1 aromatic carbocycles.